The Morgan fingerprint density at radius 3 is 1.66 bits per heavy atom. The molecule has 1 atom stereocenters. The van der Waals surface area contributed by atoms with Gasteiger partial charge in [0.05, 0.1) is 57.2 Å². The Kier molecular flexibility index (Phi) is 17.0. The molecule has 4 aromatic carbocycles. The molecule has 1 unspecified atom stereocenters. The molecule has 1 amide bonds. The summed E-state index contributed by atoms with van der Waals surface area (Å²) in [5, 5.41) is 15.0. The quantitative estimate of drug-likeness (QED) is 0.113. The van der Waals surface area contributed by atoms with Gasteiger partial charge in [0.2, 0.25) is 5.91 Å². The summed E-state index contributed by atoms with van der Waals surface area (Å²) in [7, 11) is 0. The van der Waals surface area contributed by atoms with Gasteiger partial charge in [-0.3, -0.25) is 19.4 Å². The number of unbranched alkanes of at least 4 members (excludes halogenated alkanes) is 2. The minimum atomic E-state index is -0.400. The molecule has 2 N–H and O–H groups in total. The topological polar surface area (TPSA) is 97.8 Å². The van der Waals surface area contributed by atoms with E-state index in [1.54, 1.807) is 0 Å². The number of aliphatic hydroxyl groups is 1. The Balaban J connectivity index is 0.000000187. The van der Waals surface area contributed by atoms with Gasteiger partial charge < -0.3 is 29.7 Å². The number of hydrogen-bond acceptors (Lipinski definition) is 9. The van der Waals surface area contributed by atoms with Crippen LogP contribution in [-0.4, -0.2) is 112 Å². The van der Waals surface area contributed by atoms with E-state index in [9.17, 15) is 14.7 Å². The first-order valence-electron chi connectivity index (χ1n) is 21.9. The summed E-state index contributed by atoms with van der Waals surface area (Å²) in [6, 6.07) is 23.5. The summed E-state index contributed by atoms with van der Waals surface area (Å²) in [5.41, 5.74) is 6.19. The molecule has 1 aliphatic carbocycles. The lowest BCUT2D eigenvalue weighted by Gasteiger charge is -2.36. The molecule has 2 fully saturated rings. The highest BCUT2D eigenvalue weighted by Gasteiger charge is 2.27. The van der Waals surface area contributed by atoms with E-state index >= 15 is 0 Å². The van der Waals surface area contributed by atoms with E-state index in [1.165, 1.54) is 5.56 Å². The second-order valence-electron chi connectivity index (χ2n) is 16.3. The van der Waals surface area contributed by atoms with E-state index < -0.39 is 5.92 Å². The van der Waals surface area contributed by atoms with Crippen LogP contribution in [0, 0.1) is 0 Å². The number of nitrogens with zero attached hydrogens (tertiary/aromatic N) is 4. The second-order valence-corrected chi connectivity index (χ2v) is 17.9. The van der Waals surface area contributed by atoms with Gasteiger partial charge in [-0.1, -0.05) is 70.7 Å². The minimum absolute atomic E-state index is 0.0809. The number of aryl methyl sites for hydroxylation is 2. The molecular formula is C48H57Cl4N5O5. The molecule has 2 saturated heterocycles. The Bertz CT molecular complexity index is 2140. The van der Waals surface area contributed by atoms with Gasteiger partial charge in [-0.15, -0.1) is 0 Å². The van der Waals surface area contributed by atoms with Crippen LogP contribution in [0.1, 0.15) is 61.1 Å². The van der Waals surface area contributed by atoms with E-state index in [2.05, 4.69) is 31.0 Å². The van der Waals surface area contributed by atoms with E-state index in [4.69, 9.17) is 55.9 Å². The van der Waals surface area contributed by atoms with Gasteiger partial charge in [-0.2, -0.15) is 0 Å². The molecule has 332 valence electrons. The third kappa shape index (κ3) is 12.3. The predicted molar refractivity (Wildman–Crippen MR) is 253 cm³/mol. The van der Waals surface area contributed by atoms with Gasteiger partial charge >= 0.3 is 0 Å². The van der Waals surface area contributed by atoms with Crippen LogP contribution < -0.4 is 24.6 Å². The van der Waals surface area contributed by atoms with Crippen molar-refractivity contribution in [3.05, 3.63) is 110 Å². The number of aliphatic hydroxyl groups excluding tert-OH is 1. The zero-order valence-corrected chi connectivity index (χ0v) is 38.3. The number of nitrogens with one attached hydrogen (secondary N) is 1. The normalized spacial score (nSPS) is 18.0. The average molecular weight is 926 g/mol. The predicted octanol–water partition coefficient (Wildman–Crippen LogP) is 9.43. The standard InChI is InChI=1S/C25H30Cl2N2O3.C23H27Cl2N3O2/c26-22-4-3-5-23(25(22)27)29-13-11-28(12-14-29)10-1-2-15-32-19-8-6-18-7-9-24(31)21(17-30)20(18)16-19;24-19-4-3-5-21(23(19)25)28-13-11-27(12-14-28)10-1-2-15-30-18-8-6-17-7-9-22(29)26-20(17)16-18/h3-6,8,16,21,30H,1-2,7,9-15,17H2;3-6,8,16H,1-2,7,9-15H2,(H,26,29). The van der Waals surface area contributed by atoms with Gasteiger partial charge in [0.15, 0.2) is 0 Å². The van der Waals surface area contributed by atoms with Crippen LogP contribution >= 0.6 is 46.4 Å². The number of ketones is 1. The third-order valence-corrected chi connectivity index (χ3v) is 13.9. The van der Waals surface area contributed by atoms with E-state index in [0.717, 1.165) is 144 Å². The van der Waals surface area contributed by atoms with Gasteiger partial charge in [0, 0.05) is 77.0 Å². The van der Waals surface area contributed by atoms with Crippen molar-refractivity contribution in [2.75, 3.05) is 100 Å². The first-order chi connectivity index (χ1) is 30.2. The highest BCUT2D eigenvalue weighted by atomic mass is 35.5. The van der Waals surface area contributed by atoms with Crippen molar-refractivity contribution >= 4 is 75.2 Å². The Hall–Kier alpha value is -3.74. The fourth-order valence-electron chi connectivity index (χ4n) is 8.61. The molecule has 3 aliphatic heterocycles. The van der Waals surface area contributed by atoms with Crippen molar-refractivity contribution in [2.45, 2.75) is 57.3 Å². The molecule has 8 rings (SSSR count). The number of carbonyl (C=O) groups is 2. The lowest BCUT2D eigenvalue weighted by molar-refractivity contribution is -0.121. The molecule has 14 heteroatoms. The summed E-state index contributed by atoms with van der Waals surface area (Å²) in [6.45, 7) is 11.2. The van der Waals surface area contributed by atoms with E-state index in [0.29, 0.717) is 46.1 Å². The third-order valence-electron chi connectivity index (χ3n) is 12.2. The smallest absolute Gasteiger partial charge is 0.224 e. The molecule has 0 saturated carbocycles. The summed E-state index contributed by atoms with van der Waals surface area (Å²) in [5.74, 6) is 1.40. The van der Waals surface area contributed by atoms with Crippen LogP contribution in [0.2, 0.25) is 20.1 Å². The van der Waals surface area contributed by atoms with Crippen molar-refractivity contribution in [3.8, 4) is 11.5 Å². The number of hydrogen-bond donors (Lipinski definition) is 2. The number of benzene rings is 4. The number of anilines is 3. The maximum Gasteiger partial charge on any atom is 0.224 e. The van der Waals surface area contributed by atoms with E-state index in [-0.39, 0.29) is 18.3 Å². The van der Waals surface area contributed by atoms with Crippen LogP contribution in [0.25, 0.3) is 0 Å². The molecular weight excluding hydrogens is 868 g/mol. The van der Waals surface area contributed by atoms with Gasteiger partial charge in [0.25, 0.3) is 0 Å². The number of halogens is 4. The minimum Gasteiger partial charge on any atom is -0.494 e. The molecule has 62 heavy (non-hydrogen) atoms. The second kappa shape index (κ2) is 22.7. The number of amides is 1. The number of fused-ring (bicyclic) bond motifs is 2. The molecule has 0 bridgehead atoms. The fourth-order valence-corrected chi connectivity index (χ4v) is 9.44. The monoisotopic (exact) mass is 923 g/mol. The molecule has 0 aromatic heterocycles. The molecule has 0 radical (unpaired) electrons. The van der Waals surface area contributed by atoms with Crippen LogP contribution in [0.5, 0.6) is 11.5 Å². The summed E-state index contributed by atoms with van der Waals surface area (Å²) in [6.07, 6.45) is 6.77. The van der Waals surface area contributed by atoms with Crippen LogP contribution in [0.3, 0.4) is 0 Å². The van der Waals surface area contributed by atoms with Crippen LogP contribution in [0.15, 0.2) is 72.8 Å². The molecule has 3 heterocycles. The Morgan fingerprint density at radius 1 is 0.597 bits per heavy atom. The average Bonchev–Trinajstić information content (AvgIpc) is 3.28. The van der Waals surface area contributed by atoms with E-state index in [1.807, 2.05) is 66.7 Å². The van der Waals surface area contributed by atoms with Crippen molar-refractivity contribution < 1.29 is 24.2 Å². The maximum absolute atomic E-state index is 12.1. The van der Waals surface area contributed by atoms with Crippen molar-refractivity contribution in [1.29, 1.82) is 0 Å². The largest absolute Gasteiger partial charge is 0.494 e. The van der Waals surface area contributed by atoms with Crippen molar-refractivity contribution in [3.63, 3.8) is 0 Å². The highest BCUT2D eigenvalue weighted by Crippen LogP contribution is 2.35. The van der Waals surface area contributed by atoms with Crippen molar-refractivity contribution in [2.24, 2.45) is 0 Å². The fraction of sp³-hybridized carbons (Fsp3) is 0.458. The maximum atomic E-state index is 12.1. The van der Waals surface area contributed by atoms with Crippen molar-refractivity contribution in [1.82, 2.24) is 9.80 Å². The molecule has 0 spiro atoms. The Labute approximate surface area is 385 Å². The number of rotatable bonds is 15. The first-order valence-corrected chi connectivity index (χ1v) is 23.5. The highest BCUT2D eigenvalue weighted by molar-refractivity contribution is 6.44. The van der Waals surface area contributed by atoms with Crippen LogP contribution in [0.4, 0.5) is 17.1 Å². The van der Waals surface area contributed by atoms with Gasteiger partial charge in [-0.05, 0) is 111 Å². The Morgan fingerprint density at radius 2 is 1.11 bits per heavy atom. The number of ether oxygens (including phenoxy) is 2. The summed E-state index contributed by atoms with van der Waals surface area (Å²) in [4.78, 5) is 33.2. The number of carbonyl (C=O) groups excluding carboxylic acids is 2. The van der Waals surface area contributed by atoms with Gasteiger partial charge in [0.1, 0.15) is 17.3 Å². The summed E-state index contributed by atoms with van der Waals surface area (Å²) < 4.78 is 11.8. The van der Waals surface area contributed by atoms with Gasteiger partial charge in [-0.25, -0.2) is 0 Å². The number of piperazine rings is 2. The lowest BCUT2D eigenvalue weighted by Crippen LogP contribution is -2.46. The summed E-state index contributed by atoms with van der Waals surface area (Å²) >= 11 is 25.0. The molecule has 4 aliphatic rings. The SMILES string of the molecule is O=C1CCc2ccc(OCCCCN3CCN(c4cccc(Cl)c4Cl)CC3)cc2C1CO.O=C1CCc2ccc(OCCCCN3CCN(c4cccc(Cl)c4Cl)CC3)cc2N1. The molecule has 10 nitrogen and oxygen atoms in total. The molecule has 4 aromatic rings. The van der Waals surface area contributed by atoms with Crippen LogP contribution in [-0.2, 0) is 22.4 Å². The number of Topliss-reactive ketones (excluding diaryl/α,β-unsaturated/α-hetero) is 1. The zero-order chi connectivity index (χ0) is 43.4. The zero-order valence-electron chi connectivity index (χ0n) is 35.2. The lowest BCUT2D eigenvalue weighted by atomic mass is 9.82. The first kappa shape index (κ1) is 46.3.